The summed E-state index contributed by atoms with van der Waals surface area (Å²) in [6.07, 6.45) is 0.657. The standard InChI is InChI=1S/C19H21F3N4O/c1-4-9-18(27,10-5-2)13(3)24-17-25-16(12-23-26-17)14-7-6-8-15(11-14)19(20,21)22/h4-8,11-13,27H,1-2,9-10H2,3H3,(H,24,25,26)/t13-/m1/s1. The topological polar surface area (TPSA) is 70.9 Å². The number of nitrogens with one attached hydrogen (secondary N) is 1. The molecule has 144 valence electrons. The Morgan fingerprint density at radius 2 is 1.89 bits per heavy atom. The first-order chi connectivity index (χ1) is 12.7. The van der Waals surface area contributed by atoms with Gasteiger partial charge in [0.2, 0.25) is 5.95 Å². The molecule has 1 aromatic heterocycles. The van der Waals surface area contributed by atoms with Crippen LogP contribution in [0.3, 0.4) is 0 Å². The molecule has 0 aliphatic rings. The maximum Gasteiger partial charge on any atom is 0.416 e. The van der Waals surface area contributed by atoms with E-state index < -0.39 is 23.4 Å². The Labute approximate surface area is 155 Å². The molecule has 2 N–H and O–H groups in total. The molecule has 2 aromatic rings. The summed E-state index contributed by atoms with van der Waals surface area (Å²) >= 11 is 0. The molecule has 5 nitrogen and oxygen atoms in total. The third-order valence-electron chi connectivity index (χ3n) is 4.19. The zero-order valence-electron chi connectivity index (χ0n) is 14.9. The maximum absolute atomic E-state index is 12.9. The van der Waals surface area contributed by atoms with Crippen LogP contribution in [0, 0.1) is 0 Å². The number of hydrogen-bond donors (Lipinski definition) is 2. The van der Waals surface area contributed by atoms with Gasteiger partial charge in [0, 0.05) is 5.56 Å². The van der Waals surface area contributed by atoms with E-state index in [-0.39, 0.29) is 17.2 Å². The molecule has 0 saturated carbocycles. The number of anilines is 1. The molecule has 0 spiro atoms. The largest absolute Gasteiger partial charge is 0.416 e. The molecule has 27 heavy (non-hydrogen) atoms. The molecule has 2 rings (SSSR count). The molecule has 1 heterocycles. The summed E-state index contributed by atoms with van der Waals surface area (Å²) < 4.78 is 38.7. The van der Waals surface area contributed by atoms with Gasteiger partial charge in [-0.1, -0.05) is 24.3 Å². The average molecular weight is 378 g/mol. The summed E-state index contributed by atoms with van der Waals surface area (Å²) in [6.45, 7) is 9.03. The van der Waals surface area contributed by atoms with Crippen LogP contribution in [0.2, 0.25) is 0 Å². The lowest BCUT2D eigenvalue weighted by atomic mass is 9.88. The SMILES string of the molecule is C=CCC(O)(CC=C)[C@@H](C)Nc1nncc(-c2cccc(C(F)(F)F)c2)n1. The van der Waals surface area contributed by atoms with Gasteiger partial charge in [-0.15, -0.1) is 18.3 Å². The first-order valence-corrected chi connectivity index (χ1v) is 8.27. The van der Waals surface area contributed by atoms with E-state index in [1.165, 1.54) is 18.3 Å². The van der Waals surface area contributed by atoms with Crippen molar-refractivity contribution in [2.24, 2.45) is 0 Å². The van der Waals surface area contributed by atoms with E-state index in [9.17, 15) is 18.3 Å². The molecule has 0 saturated heterocycles. The van der Waals surface area contributed by atoms with Gasteiger partial charge >= 0.3 is 6.18 Å². The van der Waals surface area contributed by atoms with Crippen LogP contribution in [0.1, 0.15) is 25.3 Å². The number of aromatic nitrogens is 3. The quantitative estimate of drug-likeness (QED) is 0.673. The second-order valence-electron chi connectivity index (χ2n) is 6.20. The lowest BCUT2D eigenvalue weighted by molar-refractivity contribution is -0.137. The number of rotatable bonds is 8. The molecule has 0 aliphatic heterocycles. The molecule has 0 amide bonds. The fraction of sp³-hybridized carbons (Fsp3) is 0.316. The number of halogens is 3. The van der Waals surface area contributed by atoms with E-state index in [4.69, 9.17) is 0 Å². The smallest absolute Gasteiger partial charge is 0.387 e. The number of hydrogen-bond acceptors (Lipinski definition) is 5. The van der Waals surface area contributed by atoms with Crippen LogP contribution in [-0.2, 0) is 6.18 Å². The molecule has 8 heteroatoms. The van der Waals surface area contributed by atoms with Gasteiger partial charge in [0.25, 0.3) is 0 Å². The molecule has 0 unspecified atom stereocenters. The van der Waals surface area contributed by atoms with Crippen molar-refractivity contribution < 1.29 is 18.3 Å². The third-order valence-corrected chi connectivity index (χ3v) is 4.19. The number of benzene rings is 1. The van der Waals surface area contributed by atoms with Crippen molar-refractivity contribution in [1.82, 2.24) is 15.2 Å². The Balaban J connectivity index is 2.28. The van der Waals surface area contributed by atoms with Gasteiger partial charge in [0.1, 0.15) is 0 Å². The normalized spacial score (nSPS) is 13.1. The summed E-state index contributed by atoms with van der Waals surface area (Å²) in [5.74, 6) is 0.101. The number of alkyl halides is 3. The van der Waals surface area contributed by atoms with Crippen LogP contribution in [0.4, 0.5) is 19.1 Å². The summed E-state index contributed by atoms with van der Waals surface area (Å²) in [6, 6.07) is 4.33. The van der Waals surface area contributed by atoms with Crippen LogP contribution in [-0.4, -0.2) is 31.9 Å². The minimum absolute atomic E-state index is 0.101. The lowest BCUT2D eigenvalue weighted by Gasteiger charge is -2.33. The zero-order chi connectivity index (χ0) is 20.1. The minimum Gasteiger partial charge on any atom is -0.387 e. The van der Waals surface area contributed by atoms with Crippen LogP contribution in [0.15, 0.2) is 55.8 Å². The minimum atomic E-state index is -4.45. The first-order valence-electron chi connectivity index (χ1n) is 8.27. The molecule has 0 aliphatic carbocycles. The highest BCUT2D eigenvalue weighted by atomic mass is 19.4. The van der Waals surface area contributed by atoms with Crippen molar-refractivity contribution in [3.63, 3.8) is 0 Å². The van der Waals surface area contributed by atoms with Gasteiger partial charge in [-0.2, -0.15) is 18.3 Å². The zero-order valence-corrected chi connectivity index (χ0v) is 14.9. The van der Waals surface area contributed by atoms with Gasteiger partial charge < -0.3 is 10.4 Å². The molecule has 0 bridgehead atoms. The van der Waals surface area contributed by atoms with E-state index in [0.29, 0.717) is 12.8 Å². The summed E-state index contributed by atoms with van der Waals surface area (Å²) in [7, 11) is 0. The van der Waals surface area contributed by atoms with E-state index in [2.05, 4.69) is 33.7 Å². The van der Waals surface area contributed by atoms with Crippen LogP contribution in [0.25, 0.3) is 11.3 Å². The van der Waals surface area contributed by atoms with Crippen LogP contribution >= 0.6 is 0 Å². The molecule has 1 aromatic carbocycles. The molecular weight excluding hydrogens is 357 g/mol. The second-order valence-corrected chi connectivity index (χ2v) is 6.20. The molecular formula is C19H21F3N4O. The van der Waals surface area contributed by atoms with E-state index in [0.717, 1.165) is 12.1 Å². The van der Waals surface area contributed by atoms with Crippen molar-refractivity contribution in [3.8, 4) is 11.3 Å². The Hall–Kier alpha value is -2.74. The fourth-order valence-corrected chi connectivity index (χ4v) is 2.62. The van der Waals surface area contributed by atoms with Crippen molar-refractivity contribution in [1.29, 1.82) is 0 Å². The van der Waals surface area contributed by atoms with Crippen molar-refractivity contribution in [3.05, 3.63) is 61.3 Å². The Kier molecular flexibility index (Phi) is 6.32. The predicted octanol–water partition coefficient (Wildman–Crippen LogP) is 4.24. The molecule has 0 radical (unpaired) electrons. The van der Waals surface area contributed by atoms with Gasteiger partial charge in [0.05, 0.1) is 29.1 Å². The Morgan fingerprint density at radius 3 is 2.48 bits per heavy atom. The lowest BCUT2D eigenvalue weighted by Crippen LogP contribution is -2.44. The summed E-state index contributed by atoms with van der Waals surface area (Å²) in [5, 5.41) is 21.4. The van der Waals surface area contributed by atoms with Crippen molar-refractivity contribution in [2.75, 3.05) is 5.32 Å². The monoisotopic (exact) mass is 378 g/mol. The highest BCUT2D eigenvalue weighted by Gasteiger charge is 2.32. The summed E-state index contributed by atoms with van der Waals surface area (Å²) in [5.41, 5.74) is -1.42. The second kappa shape index (κ2) is 8.30. The van der Waals surface area contributed by atoms with Crippen LogP contribution in [0.5, 0.6) is 0 Å². The highest BCUT2D eigenvalue weighted by Crippen LogP contribution is 2.31. The average Bonchev–Trinajstić information content (AvgIpc) is 2.62. The van der Waals surface area contributed by atoms with Crippen molar-refractivity contribution >= 4 is 5.95 Å². The highest BCUT2D eigenvalue weighted by molar-refractivity contribution is 5.60. The van der Waals surface area contributed by atoms with Gasteiger partial charge in [-0.3, -0.25) is 0 Å². The molecule has 0 fully saturated rings. The fourth-order valence-electron chi connectivity index (χ4n) is 2.62. The maximum atomic E-state index is 12.9. The molecule has 1 atom stereocenters. The third kappa shape index (κ3) is 5.13. The Morgan fingerprint density at radius 1 is 1.22 bits per heavy atom. The van der Waals surface area contributed by atoms with Gasteiger partial charge in [-0.05, 0) is 31.9 Å². The van der Waals surface area contributed by atoms with Gasteiger partial charge in [0.15, 0.2) is 0 Å². The Bertz CT molecular complexity index is 798. The van der Waals surface area contributed by atoms with Gasteiger partial charge in [-0.25, -0.2) is 4.98 Å². The number of nitrogens with zero attached hydrogens (tertiary/aromatic N) is 3. The first kappa shape index (κ1) is 20.6. The van der Waals surface area contributed by atoms with Crippen molar-refractivity contribution in [2.45, 2.75) is 37.6 Å². The van der Waals surface area contributed by atoms with Crippen LogP contribution < -0.4 is 5.32 Å². The van der Waals surface area contributed by atoms with E-state index in [1.807, 2.05) is 0 Å². The summed E-state index contributed by atoms with van der Waals surface area (Å²) in [4.78, 5) is 4.23. The predicted molar refractivity (Wildman–Crippen MR) is 97.9 cm³/mol. The van der Waals surface area contributed by atoms with E-state index >= 15 is 0 Å². The van der Waals surface area contributed by atoms with E-state index in [1.54, 1.807) is 19.1 Å². The number of aliphatic hydroxyl groups is 1.